The summed E-state index contributed by atoms with van der Waals surface area (Å²) in [5, 5.41) is 9.17. The van der Waals surface area contributed by atoms with Gasteiger partial charge in [0, 0.05) is 13.1 Å². The Morgan fingerprint density at radius 1 is 1.48 bits per heavy atom. The number of aliphatic hydroxyl groups excluding tert-OH is 1. The van der Waals surface area contributed by atoms with E-state index >= 15 is 0 Å². The van der Waals surface area contributed by atoms with Crippen LogP contribution in [-0.2, 0) is 9.53 Å². The van der Waals surface area contributed by atoms with Crippen LogP contribution in [-0.4, -0.2) is 54.4 Å². The number of hydrogen-bond acceptors (Lipinski definition) is 4. The largest absolute Gasteiger partial charge is 0.493 e. The smallest absolute Gasteiger partial charge is 0.226 e. The lowest BCUT2D eigenvalue weighted by Crippen LogP contribution is -2.50. The van der Waals surface area contributed by atoms with Crippen LogP contribution < -0.4 is 4.74 Å². The minimum atomic E-state index is -0.282. The zero-order chi connectivity index (χ0) is 15.2. The maximum atomic E-state index is 12.2. The van der Waals surface area contributed by atoms with Gasteiger partial charge in [0.1, 0.15) is 5.75 Å². The van der Waals surface area contributed by atoms with Gasteiger partial charge in [-0.3, -0.25) is 4.79 Å². The summed E-state index contributed by atoms with van der Waals surface area (Å²) in [6.45, 7) is 5.23. The second-order valence-electron chi connectivity index (χ2n) is 5.46. The fourth-order valence-electron chi connectivity index (χ4n) is 2.47. The average Bonchev–Trinajstić information content (AvgIpc) is 2.46. The lowest BCUT2D eigenvalue weighted by molar-refractivity contribution is -0.147. The number of aryl methyl sites for hydroxylation is 1. The molecular formula is C16H23NO4. The fraction of sp³-hybridized carbons (Fsp3) is 0.562. The normalized spacial score (nSPS) is 22.1. The van der Waals surface area contributed by atoms with Gasteiger partial charge in [0.15, 0.2) is 0 Å². The summed E-state index contributed by atoms with van der Waals surface area (Å²) in [6, 6.07) is 7.77. The maximum absolute atomic E-state index is 12.2. The summed E-state index contributed by atoms with van der Waals surface area (Å²) in [5.74, 6) is 0.822. The first-order valence-electron chi connectivity index (χ1n) is 7.32. The molecule has 1 aromatic carbocycles. The quantitative estimate of drug-likeness (QED) is 0.891. The maximum Gasteiger partial charge on any atom is 0.226 e. The van der Waals surface area contributed by atoms with Gasteiger partial charge in [-0.05, 0) is 31.5 Å². The summed E-state index contributed by atoms with van der Waals surface area (Å²) in [7, 11) is 0. The number of ether oxygens (including phenoxy) is 2. The van der Waals surface area contributed by atoms with E-state index in [0.29, 0.717) is 26.1 Å². The number of rotatable bonds is 5. The SMILES string of the molecule is Cc1cccc(OCCC(=O)N2CC(C)OC(CO)C2)c1. The molecule has 1 aliphatic rings. The van der Waals surface area contributed by atoms with E-state index in [9.17, 15) is 9.90 Å². The van der Waals surface area contributed by atoms with E-state index in [4.69, 9.17) is 9.47 Å². The average molecular weight is 293 g/mol. The first kappa shape index (κ1) is 15.8. The number of carbonyl (C=O) groups is 1. The van der Waals surface area contributed by atoms with Crippen molar-refractivity contribution in [2.24, 2.45) is 0 Å². The molecule has 0 aromatic heterocycles. The first-order chi connectivity index (χ1) is 10.1. The third-order valence-corrected chi connectivity index (χ3v) is 3.46. The predicted octanol–water partition coefficient (Wildman–Crippen LogP) is 1.37. The molecule has 0 bridgehead atoms. The molecule has 1 heterocycles. The third-order valence-electron chi connectivity index (χ3n) is 3.46. The van der Waals surface area contributed by atoms with E-state index in [0.717, 1.165) is 11.3 Å². The van der Waals surface area contributed by atoms with E-state index < -0.39 is 0 Å². The summed E-state index contributed by atoms with van der Waals surface area (Å²) in [5.41, 5.74) is 1.13. The Hall–Kier alpha value is -1.59. The van der Waals surface area contributed by atoms with Crippen LogP contribution >= 0.6 is 0 Å². The molecule has 1 N–H and O–H groups in total. The van der Waals surface area contributed by atoms with Crippen LogP contribution in [0.4, 0.5) is 0 Å². The zero-order valence-corrected chi connectivity index (χ0v) is 12.6. The summed E-state index contributed by atoms with van der Waals surface area (Å²) in [4.78, 5) is 13.9. The molecule has 0 aliphatic carbocycles. The van der Waals surface area contributed by atoms with Crippen molar-refractivity contribution in [3.8, 4) is 5.75 Å². The number of aliphatic hydroxyl groups is 1. The van der Waals surface area contributed by atoms with Gasteiger partial charge in [-0.15, -0.1) is 0 Å². The molecule has 5 heteroatoms. The molecule has 0 spiro atoms. The lowest BCUT2D eigenvalue weighted by Gasteiger charge is -2.36. The second kappa shape index (κ2) is 7.43. The molecule has 0 radical (unpaired) electrons. The van der Waals surface area contributed by atoms with Crippen molar-refractivity contribution in [1.82, 2.24) is 4.90 Å². The Labute approximate surface area is 125 Å². The highest BCUT2D eigenvalue weighted by molar-refractivity contribution is 5.76. The van der Waals surface area contributed by atoms with Crippen LogP contribution in [0.1, 0.15) is 18.9 Å². The van der Waals surface area contributed by atoms with Crippen molar-refractivity contribution in [1.29, 1.82) is 0 Å². The zero-order valence-electron chi connectivity index (χ0n) is 12.6. The Balaban J connectivity index is 1.79. The Bertz CT molecular complexity index is 477. The molecular weight excluding hydrogens is 270 g/mol. The van der Waals surface area contributed by atoms with Gasteiger partial charge >= 0.3 is 0 Å². The fourth-order valence-corrected chi connectivity index (χ4v) is 2.47. The number of hydrogen-bond donors (Lipinski definition) is 1. The number of nitrogens with zero attached hydrogens (tertiary/aromatic N) is 1. The summed E-state index contributed by atoms with van der Waals surface area (Å²) in [6.07, 6.45) is 0.00616. The van der Waals surface area contributed by atoms with E-state index in [1.165, 1.54) is 0 Å². The second-order valence-corrected chi connectivity index (χ2v) is 5.46. The lowest BCUT2D eigenvalue weighted by atomic mass is 10.2. The van der Waals surface area contributed by atoms with Gasteiger partial charge in [-0.25, -0.2) is 0 Å². The molecule has 116 valence electrons. The number of morpholine rings is 1. The molecule has 21 heavy (non-hydrogen) atoms. The topological polar surface area (TPSA) is 59.0 Å². The van der Waals surface area contributed by atoms with Crippen LogP contribution in [0.25, 0.3) is 0 Å². The van der Waals surface area contributed by atoms with Gasteiger partial charge < -0.3 is 19.5 Å². The van der Waals surface area contributed by atoms with Crippen LogP contribution in [0.2, 0.25) is 0 Å². The van der Waals surface area contributed by atoms with Crippen LogP contribution in [0, 0.1) is 6.92 Å². The molecule has 1 aromatic rings. The molecule has 2 unspecified atom stereocenters. The van der Waals surface area contributed by atoms with E-state index in [2.05, 4.69) is 0 Å². The van der Waals surface area contributed by atoms with E-state index in [1.54, 1.807) is 4.90 Å². The van der Waals surface area contributed by atoms with Gasteiger partial charge in [0.25, 0.3) is 0 Å². The third kappa shape index (κ3) is 4.72. The van der Waals surface area contributed by atoms with Gasteiger partial charge in [-0.2, -0.15) is 0 Å². The molecule has 1 amide bonds. The summed E-state index contributed by atoms with van der Waals surface area (Å²) < 4.78 is 11.1. The Morgan fingerprint density at radius 3 is 3.00 bits per heavy atom. The van der Waals surface area contributed by atoms with E-state index in [1.807, 2.05) is 38.1 Å². The monoisotopic (exact) mass is 293 g/mol. The van der Waals surface area contributed by atoms with Gasteiger partial charge in [0.05, 0.1) is 31.8 Å². The van der Waals surface area contributed by atoms with Crippen molar-refractivity contribution in [2.45, 2.75) is 32.5 Å². The van der Waals surface area contributed by atoms with Gasteiger partial charge in [-0.1, -0.05) is 12.1 Å². The highest BCUT2D eigenvalue weighted by atomic mass is 16.5. The van der Waals surface area contributed by atoms with Gasteiger partial charge in [0.2, 0.25) is 5.91 Å². The van der Waals surface area contributed by atoms with Crippen LogP contribution in [0.15, 0.2) is 24.3 Å². The molecule has 0 saturated carbocycles. The van der Waals surface area contributed by atoms with Crippen molar-refractivity contribution >= 4 is 5.91 Å². The Kier molecular flexibility index (Phi) is 5.59. The van der Waals surface area contributed by atoms with Crippen molar-refractivity contribution < 1.29 is 19.4 Å². The minimum Gasteiger partial charge on any atom is -0.493 e. The minimum absolute atomic E-state index is 0.0382. The molecule has 2 rings (SSSR count). The summed E-state index contributed by atoms with van der Waals surface area (Å²) >= 11 is 0. The van der Waals surface area contributed by atoms with Crippen molar-refractivity contribution in [2.75, 3.05) is 26.3 Å². The highest BCUT2D eigenvalue weighted by Gasteiger charge is 2.27. The molecule has 1 fully saturated rings. The molecule has 1 aliphatic heterocycles. The standard InChI is InChI=1S/C16H23NO4/c1-12-4-3-5-14(8-12)20-7-6-16(19)17-9-13(2)21-15(10-17)11-18/h3-5,8,13,15,18H,6-7,9-11H2,1-2H3. The molecule has 5 nitrogen and oxygen atoms in total. The Morgan fingerprint density at radius 2 is 2.29 bits per heavy atom. The predicted molar refractivity (Wildman–Crippen MR) is 79.3 cm³/mol. The number of benzene rings is 1. The van der Waals surface area contributed by atoms with Crippen molar-refractivity contribution in [3.05, 3.63) is 29.8 Å². The molecule has 1 saturated heterocycles. The first-order valence-corrected chi connectivity index (χ1v) is 7.32. The molecule has 2 atom stereocenters. The number of amides is 1. The van der Waals surface area contributed by atoms with Crippen LogP contribution in [0.5, 0.6) is 5.75 Å². The van der Waals surface area contributed by atoms with Crippen LogP contribution in [0.3, 0.4) is 0 Å². The van der Waals surface area contributed by atoms with Crippen molar-refractivity contribution in [3.63, 3.8) is 0 Å². The number of carbonyl (C=O) groups excluding carboxylic acids is 1. The highest BCUT2D eigenvalue weighted by Crippen LogP contribution is 2.14. The van der Waals surface area contributed by atoms with E-state index in [-0.39, 0.29) is 24.7 Å².